The predicted octanol–water partition coefficient (Wildman–Crippen LogP) is 3.85. The Morgan fingerprint density at radius 3 is 2.67 bits per heavy atom. The number of halogens is 1. The normalized spacial score (nSPS) is 11.2. The molecular weight excluding hydrogens is 447 g/mol. The van der Waals surface area contributed by atoms with Crippen molar-refractivity contribution in [2.75, 3.05) is 6.61 Å². The maximum atomic E-state index is 13.4. The van der Waals surface area contributed by atoms with Crippen molar-refractivity contribution in [2.24, 2.45) is 0 Å². The van der Waals surface area contributed by atoms with E-state index in [4.69, 9.17) is 9.26 Å². The summed E-state index contributed by atoms with van der Waals surface area (Å²) in [4.78, 5) is 30.8. The molecule has 0 amide bonds. The summed E-state index contributed by atoms with van der Waals surface area (Å²) in [6.45, 7) is 2.32. The van der Waals surface area contributed by atoms with E-state index >= 15 is 0 Å². The lowest BCUT2D eigenvalue weighted by Crippen LogP contribution is -2.38. The smallest absolute Gasteiger partial charge is 0.336 e. The number of hydrogen-bond donors (Lipinski definition) is 0. The van der Waals surface area contributed by atoms with Crippen molar-refractivity contribution in [2.45, 2.75) is 13.5 Å². The van der Waals surface area contributed by atoms with Crippen LogP contribution in [0.5, 0.6) is 5.75 Å². The monoisotopic (exact) mass is 464 g/mol. The molecule has 0 saturated carbocycles. The lowest BCUT2D eigenvalue weighted by molar-refractivity contribution is 0.340. The first-order chi connectivity index (χ1) is 16.1. The minimum absolute atomic E-state index is 0.0443. The van der Waals surface area contributed by atoms with E-state index < -0.39 is 17.1 Å². The molecule has 0 spiro atoms. The van der Waals surface area contributed by atoms with Crippen LogP contribution < -0.4 is 16.0 Å². The highest BCUT2D eigenvalue weighted by Gasteiger charge is 2.19. The van der Waals surface area contributed by atoms with Crippen molar-refractivity contribution in [3.63, 3.8) is 0 Å². The molecule has 3 heterocycles. The average Bonchev–Trinajstić information content (AvgIpc) is 3.49. The molecular formula is C23H17FN4O4S. The number of nitrogens with zero attached hydrogens (tertiary/aromatic N) is 4. The molecule has 3 aromatic heterocycles. The summed E-state index contributed by atoms with van der Waals surface area (Å²) >= 11 is 1.22. The van der Waals surface area contributed by atoms with Crippen LogP contribution in [-0.4, -0.2) is 25.9 Å². The molecule has 166 valence electrons. The van der Waals surface area contributed by atoms with Gasteiger partial charge < -0.3 is 9.26 Å². The van der Waals surface area contributed by atoms with Gasteiger partial charge in [-0.05, 0) is 54.8 Å². The molecule has 33 heavy (non-hydrogen) atoms. The van der Waals surface area contributed by atoms with Crippen molar-refractivity contribution >= 4 is 21.6 Å². The average molecular weight is 464 g/mol. The van der Waals surface area contributed by atoms with Gasteiger partial charge in [0.25, 0.3) is 5.56 Å². The molecule has 0 N–H and O–H groups in total. The van der Waals surface area contributed by atoms with Crippen LogP contribution >= 0.6 is 11.3 Å². The van der Waals surface area contributed by atoms with E-state index in [9.17, 15) is 14.0 Å². The van der Waals surface area contributed by atoms with E-state index in [0.29, 0.717) is 34.0 Å². The van der Waals surface area contributed by atoms with Gasteiger partial charge in [0.1, 0.15) is 22.8 Å². The molecule has 0 aliphatic rings. The molecule has 0 bridgehead atoms. The molecule has 0 fully saturated rings. The van der Waals surface area contributed by atoms with Crippen molar-refractivity contribution in [3.8, 4) is 22.8 Å². The Morgan fingerprint density at radius 1 is 1.09 bits per heavy atom. The number of rotatable bonds is 6. The summed E-state index contributed by atoms with van der Waals surface area (Å²) in [6.07, 6.45) is 0. The van der Waals surface area contributed by atoms with E-state index in [-0.39, 0.29) is 18.1 Å². The number of ether oxygens (including phenoxy) is 1. The summed E-state index contributed by atoms with van der Waals surface area (Å²) < 4.78 is 27.2. The van der Waals surface area contributed by atoms with Gasteiger partial charge in [-0.15, -0.1) is 11.3 Å². The van der Waals surface area contributed by atoms with Gasteiger partial charge in [0, 0.05) is 0 Å². The second-order valence-electron chi connectivity index (χ2n) is 7.06. The van der Waals surface area contributed by atoms with Crippen molar-refractivity contribution < 1.29 is 13.7 Å². The first-order valence-corrected chi connectivity index (χ1v) is 11.0. The number of benzene rings is 2. The Balaban J connectivity index is 1.60. The minimum Gasteiger partial charge on any atom is -0.493 e. The number of aromatic nitrogens is 4. The second-order valence-corrected chi connectivity index (χ2v) is 7.98. The molecule has 5 rings (SSSR count). The topological polar surface area (TPSA) is 92.2 Å². The molecule has 0 atom stereocenters. The fraction of sp³-hybridized carbons (Fsp3) is 0.130. The molecule has 2 aromatic carbocycles. The number of para-hydroxylation sites is 1. The molecule has 0 saturated heterocycles. The molecule has 5 aromatic rings. The number of hydrogen-bond acceptors (Lipinski definition) is 7. The van der Waals surface area contributed by atoms with Crippen LogP contribution in [-0.2, 0) is 6.54 Å². The first kappa shape index (κ1) is 20.8. The summed E-state index contributed by atoms with van der Waals surface area (Å²) in [5.74, 6) is 0.676. The van der Waals surface area contributed by atoms with Crippen LogP contribution in [0.1, 0.15) is 12.8 Å². The van der Waals surface area contributed by atoms with Crippen LogP contribution in [0.15, 0.2) is 74.1 Å². The van der Waals surface area contributed by atoms with Gasteiger partial charge in [0.15, 0.2) is 0 Å². The fourth-order valence-corrected chi connectivity index (χ4v) is 4.38. The minimum atomic E-state index is -0.591. The molecule has 0 aliphatic heterocycles. The van der Waals surface area contributed by atoms with Crippen LogP contribution in [0, 0.1) is 5.82 Å². The molecule has 8 nitrogen and oxygen atoms in total. The maximum absolute atomic E-state index is 13.4. The molecule has 0 aliphatic carbocycles. The Morgan fingerprint density at radius 2 is 1.88 bits per heavy atom. The largest absolute Gasteiger partial charge is 0.493 e. The Labute approximate surface area is 190 Å². The van der Waals surface area contributed by atoms with Gasteiger partial charge in [-0.1, -0.05) is 17.3 Å². The van der Waals surface area contributed by atoms with Gasteiger partial charge in [-0.3, -0.25) is 9.36 Å². The van der Waals surface area contributed by atoms with Crippen LogP contribution in [0.4, 0.5) is 4.39 Å². The van der Waals surface area contributed by atoms with Crippen molar-refractivity contribution in [1.82, 2.24) is 19.3 Å². The lowest BCUT2D eigenvalue weighted by Gasteiger charge is -2.10. The van der Waals surface area contributed by atoms with Crippen LogP contribution in [0.3, 0.4) is 0 Å². The zero-order valence-corrected chi connectivity index (χ0v) is 18.2. The highest BCUT2D eigenvalue weighted by atomic mass is 32.1. The Kier molecular flexibility index (Phi) is 5.35. The standard InChI is InChI=1S/C23H17FN4O4S/c1-2-31-18-6-4-3-5-16(18)21-25-19(32-26-21)13-27-17-11-12-33-20(17)22(29)28(23(27)30)15-9-7-14(24)8-10-15/h3-12H,2,13H2,1H3. The van der Waals surface area contributed by atoms with Gasteiger partial charge in [-0.25, -0.2) is 13.8 Å². The maximum Gasteiger partial charge on any atom is 0.336 e. The van der Waals surface area contributed by atoms with E-state index in [1.54, 1.807) is 11.4 Å². The van der Waals surface area contributed by atoms with E-state index in [1.807, 2.05) is 31.2 Å². The third kappa shape index (κ3) is 3.74. The first-order valence-electron chi connectivity index (χ1n) is 10.1. The van der Waals surface area contributed by atoms with Crippen LogP contribution in [0.25, 0.3) is 27.3 Å². The van der Waals surface area contributed by atoms with E-state index in [0.717, 1.165) is 4.57 Å². The van der Waals surface area contributed by atoms with Gasteiger partial charge in [0.05, 0.1) is 23.4 Å². The number of thiophene rings is 1. The second kappa shape index (κ2) is 8.47. The third-order valence-electron chi connectivity index (χ3n) is 5.03. The summed E-state index contributed by atoms with van der Waals surface area (Å²) in [5, 5.41) is 5.77. The van der Waals surface area contributed by atoms with Crippen molar-refractivity contribution in [3.05, 3.63) is 92.5 Å². The lowest BCUT2D eigenvalue weighted by atomic mass is 10.2. The Hall–Kier alpha value is -4.05. The van der Waals surface area contributed by atoms with E-state index in [2.05, 4.69) is 10.1 Å². The van der Waals surface area contributed by atoms with Gasteiger partial charge >= 0.3 is 5.69 Å². The SMILES string of the molecule is CCOc1ccccc1-c1noc(Cn2c(=O)n(-c3ccc(F)cc3)c(=O)c3sccc32)n1. The van der Waals surface area contributed by atoms with Gasteiger partial charge in [0.2, 0.25) is 11.7 Å². The molecule has 0 radical (unpaired) electrons. The zero-order valence-electron chi connectivity index (χ0n) is 17.4. The highest BCUT2D eigenvalue weighted by molar-refractivity contribution is 7.17. The summed E-state index contributed by atoms with van der Waals surface area (Å²) in [5.41, 5.74) is 0.338. The number of fused-ring (bicyclic) bond motifs is 1. The Bertz CT molecular complexity index is 1570. The van der Waals surface area contributed by atoms with Crippen molar-refractivity contribution in [1.29, 1.82) is 0 Å². The third-order valence-corrected chi connectivity index (χ3v) is 5.92. The predicted molar refractivity (Wildman–Crippen MR) is 122 cm³/mol. The van der Waals surface area contributed by atoms with Gasteiger partial charge in [-0.2, -0.15) is 4.98 Å². The summed E-state index contributed by atoms with van der Waals surface area (Å²) in [6, 6.07) is 14.2. The summed E-state index contributed by atoms with van der Waals surface area (Å²) in [7, 11) is 0. The fourth-order valence-electron chi connectivity index (χ4n) is 3.55. The highest BCUT2D eigenvalue weighted by Crippen LogP contribution is 2.27. The van der Waals surface area contributed by atoms with E-state index in [1.165, 1.54) is 40.2 Å². The zero-order chi connectivity index (χ0) is 22.9. The quantitative estimate of drug-likeness (QED) is 0.379. The van der Waals surface area contributed by atoms with Crippen LogP contribution in [0.2, 0.25) is 0 Å². The molecule has 0 unspecified atom stereocenters. The molecule has 10 heteroatoms.